The molecule has 0 aliphatic rings. The summed E-state index contributed by atoms with van der Waals surface area (Å²) in [6.07, 6.45) is 1.70. The molecular formula is C13H22ClN3O3S. The number of nitrogens with zero attached hydrogens (tertiary/aromatic N) is 2. The number of carbonyl (C=O) groups excluding carboxylic acids is 1. The van der Waals surface area contributed by atoms with E-state index in [1.165, 1.54) is 4.68 Å². The second kappa shape index (κ2) is 7.26. The standard InChI is InChI=1S/C13H22ClN3O3S/c1-5-8-15-13(18)9(4)17-11(7-3)12(21(14,19)20)10(6-2)16-17/h9H,5-8H2,1-4H3,(H,15,18). The van der Waals surface area contributed by atoms with Crippen LogP contribution in [-0.4, -0.2) is 30.7 Å². The fraction of sp³-hybridized carbons (Fsp3) is 0.692. The molecule has 0 saturated heterocycles. The number of carbonyl (C=O) groups is 1. The topological polar surface area (TPSA) is 81.1 Å². The van der Waals surface area contributed by atoms with Crippen LogP contribution in [0, 0.1) is 0 Å². The minimum Gasteiger partial charge on any atom is -0.354 e. The number of rotatable bonds is 7. The third-order valence-corrected chi connectivity index (χ3v) is 4.66. The molecule has 6 nitrogen and oxygen atoms in total. The lowest BCUT2D eigenvalue weighted by molar-refractivity contribution is -0.124. The Morgan fingerprint density at radius 3 is 2.38 bits per heavy atom. The summed E-state index contributed by atoms with van der Waals surface area (Å²) in [6, 6.07) is -0.580. The maximum atomic E-state index is 12.1. The molecule has 0 saturated carbocycles. The number of hydrogen-bond acceptors (Lipinski definition) is 4. The Balaban J connectivity index is 3.31. The molecule has 1 aromatic rings. The van der Waals surface area contributed by atoms with E-state index in [1.54, 1.807) is 13.8 Å². The highest BCUT2D eigenvalue weighted by Crippen LogP contribution is 2.27. The molecule has 0 bridgehead atoms. The van der Waals surface area contributed by atoms with Crippen molar-refractivity contribution in [1.29, 1.82) is 0 Å². The molecule has 0 fully saturated rings. The van der Waals surface area contributed by atoms with Gasteiger partial charge in [0, 0.05) is 17.2 Å². The number of hydrogen-bond donors (Lipinski definition) is 1. The molecule has 1 rings (SSSR count). The predicted octanol–water partition coefficient (Wildman–Crippen LogP) is 2.02. The first-order chi connectivity index (χ1) is 9.77. The van der Waals surface area contributed by atoms with Gasteiger partial charge in [0.1, 0.15) is 10.9 Å². The van der Waals surface area contributed by atoms with Crippen molar-refractivity contribution in [3.05, 3.63) is 11.4 Å². The van der Waals surface area contributed by atoms with E-state index in [0.717, 1.165) is 6.42 Å². The number of nitrogens with one attached hydrogen (secondary N) is 1. The predicted molar refractivity (Wildman–Crippen MR) is 82.0 cm³/mol. The lowest BCUT2D eigenvalue weighted by Crippen LogP contribution is -2.32. The van der Waals surface area contributed by atoms with Crippen molar-refractivity contribution in [2.75, 3.05) is 6.54 Å². The Morgan fingerprint density at radius 2 is 1.95 bits per heavy atom. The molecule has 21 heavy (non-hydrogen) atoms. The van der Waals surface area contributed by atoms with Crippen LogP contribution in [0.1, 0.15) is 51.5 Å². The van der Waals surface area contributed by atoms with Crippen LogP contribution in [0.15, 0.2) is 4.90 Å². The van der Waals surface area contributed by atoms with Crippen molar-refractivity contribution < 1.29 is 13.2 Å². The summed E-state index contributed by atoms with van der Waals surface area (Å²) in [5.41, 5.74) is 0.873. The van der Waals surface area contributed by atoms with Crippen molar-refractivity contribution in [1.82, 2.24) is 15.1 Å². The summed E-state index contributed by atoms with van der Waals surface area (Å²) < 4.78 is 25.0. The average molecular weight is 336 g/mol. The summed E-state index contributed by atoms with van der Waals surface area (Å²) >= 11 is 0. The van der Waals surface area contributed by atoms with Gasteiger partial charge in [0.15, 0.2) is 0 Å². The Labute approximate surface area is 130 Å². The summed E-state index contributed by atoms with van der Waals surface area (Å²) in [7, 11) is 1.64. The molecule has 1 heterocycles. The molecule has 0 aliphatic carbocycles. The Kier molecular flexibility index (Phi) is 6.22. The average Bonchev–Trinajstić information content (AvgIpc) is 2.82. The van der Waals surface area contributed by atoms with E-state index in [9.17, 15) is 13.2 Å². The van der Waals surface area contributed by atoms with E-state index in [2.05, 4.69) is 10.4 Å². The molecule has 1 aromatic heterocycles. The SMILES string of the molecule is CCCNC(=O)C(C)n1nc(CC)c(S(=O)(=O)Cl)c1CC. The summed E-state index contributed by atoms with van der Waals surface area (Å²) in [4.78, 5) is 12.1. The van der Waals surface area contributed by atoms with Crippen LogP contribution in [0.5, 0.6) is 0 Å². The van der Waals surface area contributed by atoms with Crippen LogP contribution in [0.4, 0.5) is 0 Å². The zero-order valence-electron chi connectivity index (χ0n) is 12.8. The molecule has 0 aromatic carbocycles. The first-order valence-corrected chi connectivity index (χ1v) is 9.41. The summed E-state index contributed by atoms with van der Waals surface area (Å²) in [5, 5.41) is 7.07. The highest BCUT2D eigenvalue weighted by molar-refractivity contribution is 8.13. The number of amides is 1. The maximum absolute atomic E-state index is 12.1. The zero-order chi connectivity index (χ0) is 16.2. The minimum absolute atomic E-state index is 0.0457. The first-order valence-electron chi connectivity index (χ1n) is 7.10. The normalized spacial score (nSPS) is 13.2. The maximum Gasteiger partial charge on any atom is 0.264 e. The molecule has 0 spiro atoms. The van der Waals surface area contributed by atoms with E-state index in [0.29, 0.717) is 30.8 Å². The molecule has 120 valence electrons. The number of halogens is 1. The van der Waals surface area contributed by atoms with Crippen molar-refractivity contribution in [2.24, 2.45) is 0 Å². The van der Waals surface area contributed by atoms with Gasteiger partial charge in [-0.1, -0.05) is 20.8 Å². The van der Waals surface area contributed by atoms with Crippen LogP contribution < -0.4 is 5.32 Å². The van der Waals surface area contributed by atoms with Crippen LogP contribution in [0.2, 0.25) is 0 Å². The first kappa shape index (κ1) is 18.0. The lowest BCUT2D eigenvalue weighted by atomic mass is 10.2. The van der Waals surface area contributed by atoms with Gasteiger partial charge in [-0.05, 0) is 26.2 Å². The summed E-state index contributed by atoms with van der Waals surface area (Å²) in [5.74, 6) is -0.185. The number of aryl methyl sites for hydroxylation is 1. The monoisotopic (exact) mass is 335 g/mol. The quantitative estimate of drug-likeness (QED) is 0.773. The molecule has 1 unspecified atom stereocenters. The van der Waals surface area contributed by atoms with Gasteiger partial charge >= 0.3 is 0 Å². The Morgan fingerprint density at radius 1 is 1.33 bits per heavy atom. The van der Waals surface area contributed by atoms with E-state index < -0.39 is 15.1 Å². The molecule has 8 heteroatoms. The second-order valence-electron chi connectivity index (χ2n) is 4.78. The highest BCUT2D eigenvalue weighted by Gasteiger charge is 2.28. The van der Waals surface area contributed by atoms with Gasteiger partial charge in [-0.2, -0.15) is 5.10 Å². The lowest BCUT2D eigenvalue weighted by Gasteiger charge is -2.15. The molecule has 1 amide bonds. The van der Waals surface area contributed by atoms with Gasteiger partial charge in [0.05, 0.1) is 11.4 Å². The van der Waals surface area contributed by atoms with Gasteiger partial charge < -0.3 is 5.32 Å². The van der Waals surface area contributed by atoms with Crippen molar-refractivity contribution in [3.63, 3.8) is 0 Å². The van der Waals surface area contributed by atoms with Crippen LogP contribution in [-0.2, 0) is 26.7 Å². The fourth-order valence-electron chi connectivity index (χ4n) is 2.17. The molecule has 0 radical (unpaired) electrons. The van der Waals surface area contributed by atoms with Crippen LogP contribution in [0.3, 0.4) is 0 Å². The minimum atomic E-state index is -3.89. The Hall–Kier alpha value is -1.08. The second-order valence-corrected chi connectivity index (χ2v) is 7.28. The van der Waals surface area contributed by atoms with Crippen molar-refractivity contribution in [3.8, 4) is 0 Å². The third kappa shape index (κ3) is 3.97. The van der Waals surface area contributed by atoms with Crippen LogP contribution in [0.25, 0.3) is 0 Å². The molecule has 1 N–H and O–H groups in total. The van der Waals surface area contributed by atoms with E-state index >= 15 is 0 Å². The fourth-order valence-corrected chi connectivity index (χ4v) is 3.69. The van der Waals surface area contributed by atoms with Gasteiger partial charge in [-0.15, -0.1) is 0 Å². The van der Waals surface area contributed by atoms with Crippen molar-refractivity contribution >= 4 is 25.6 Å². The van der Waals surface area contributed by atoms with Crippen LogP contribution >= 0.6 is 10.7 Å². The highest BCUT2D eigenvalue weighted by atomic mass is 35.7. The largest absolute Gasteiger partial charge is 0.354 e. The zero-order valence-corrected chi connectivity index (χ0v) is 14.4. The smallest absolute Gasteiger partial charge is 0.264 e. The summed E-state index contributed by atoms with van der Waals surface area (Å²) in [6.45, 7) is 7.85. The van der Waals surface area contributed by atoms with Gasteiger partial charge in [-0.25, -0.2) is 8.42 Å². The van der Waals surface area contributed by atoms with Gasteiger partial charge in [-0.3, -0.25) is 9.48 Å². The molecule has 0 aliphatic heterocycles. The van der Waals surface area contributed by atoms with Gasteiger partial charge in [0.25, 0.3) is 9.05 Å². The number of aromatic nitrogens is 2. The van der Waals surface area contributed by atoms with Gasteiger partial charge in [0.2, 0.25) is 5.91 Å². The Bertz CT molecular complexity index is 610. The van der Waals surface area contributed by atoms with E-state index in [1.807, 2.05) is 13.8 Å². The van der Waals surface area contributed by atoms with E-state index in [4.69, 9.17) is 10.7 Å². The molecular weight excluding hydrogens is 314 g/mol. The third-order valence-electron chi connectivity index (χ3n) is 3.24. The molecule has 1 atom stereocenters. The van der Waals surface area contributed by atoms with E-state index in [-0.39, 0.29) is 10.8 Å². The van der Waals surface area contributed by atoms with Crippen molar-refractivity contribution in [2.45, 2.75) is 57.9 Å².